The summed E-state index contributed by atoms with van der Waals surface area (Å²) in [7, 11) is 0. The summed E-state index contributed by atoms with van der Waals surface area (Å²) in [6.07, 6.45) is 0. The van der Waals surface area contributed by atoms with Crippen molar-refractivity contribution in [1.29, 1.82) is 0 Å². The van der Waals surface area contributed by atoms with Gasteiger partial charge in [-0.15, -0.1) is 10.2 Å². The molecule has 0 amide bonds. The van der Waals surface area contributed by atoms with Crippen LogP contribution in [0.3, 0.4) is 0 Å². The fourth-order valence-electron chi connectivity index (χ4n) is 1.80. The molecule has 5 heteroatoms. The van der Waals surface area contributed by atoms with Crippen molar-refractivity contribution in [1.82, 2.24) is 10.2 Å². The standard InChI is InChI=1S/C11H10Br2N2S/c1-5-4-6(2)9(12)7(3)8(5)10-14-15-11(13)16-10/h4H,1-3H3. The smallest absolute Gasteiger partial charge is 0.137 e. The highest BCUT2D eigenvalue weighted by atomic mass is 79.9. The van der Waals surface area contributed by atoms with Gasteiger partial charge in [0.1, 0.15) is 5.01 Å². The zero-order valence-corrected chi connectivity index (χ0v) is 13.1. The van der Waals surface area contributed by atoms with E-state index in [1.54, 1.807) is 11.3 Å². The third kappa shape index (κ3) is 2.08. The second-order valence-corrected chi connectivity index (χ2v) is 6.73. The minimum Gasteiger partial charge on any atom is -0.137 e. The number of benzene rings is 1. The van der Waals surface area contributed by atoms with Crippen LogP contribution in [0.2, 0.25) is 0 Å². The molecule has 0 spiro atoms. The van der Waals surface area contributed by atoms with Crippen molar-refractivity contribution in [2.75, 3.05) is 0 Å². The van der Waals surface area contributed by atoms with Gasteiger partial charge in [-0.05, 0) is 53.4 Å². The van der Waals surface area contributed by atoms with Crippen LogP contribution in [0.25, 0.3) is 10.6 Å². The van der Waals surface area contributed by atoms with Gasteiger partial charge < -0.3 is 0 Å². The summed E-state index contributed by atoms with van der Waals surface area (Å²) in [5, 5.41) is 9.14. The molecule has 0 aliphatic heterocycles. The highest BCUT2D eigenvalue weighted by Gasteiger charge is 2.14. The molecule has 0 fully saturated rings. The predicted octanol–water partition coefficient (Wildman–Crippen LogP) is 4.66. The van der Waals surface area contributed by atoms with Crippen LogP contribution in [0.4, 0.5) is 0 Å². The van der Waals surface area contributed by atoms with Crippen molar-refractivity contribution in [3.05, 3.63) is 31.1 Å². The number of rotatable bonds is 1. The molecule has 16 heavy (non-hydrogen) atoms. The fourth-order valence-corrected chi connectivity index (χ4v) is 3.39. The van der Waals surface area contributed by atoms with Gasteiger partial charge in [-0.25, -0.2) is 0 Å². The van der Waals surface area contributed by atoms with Crippen molar-refractivity contribution < 1.29 is 0 Å². The van der Waals surface area contributed by atoms with Gasteiger partial charge in [-0.2, -0.15) is 0 Å². The van der Waals surface area contributed by atoms with E-state index in [-0.39, 0.29) is 0 Å². The van der Waals surface area contributed by atoms with E-state index in [0.717, 1.165) is 13.4 Å². The summed E-state index contributed by atoms with van der Waals surface area (Å²) in [5.41, 5.74) is 4.89. The third-order valence-corrected chi connectivity index (χ3v) is 5.09. The normalized spacial score (nSPS) is 10.8. The Hall–Kier alpha value is -0.260. The molecule has 0 saturated carbocycles. The SMILES string of the molecule is Cc1cc(C)c(-c2nnc(Br)s2)c(C)c1Br. The average molecular weight is 362 g/mol. The van der Waals surface area contributed by atoms with E-state index in [0.29, 0.717) is 0 Å². The van der Waals surface area contributed by atoms with E-state index in [2.05, 4.69) is 68.9 Å². The second-order valence-electron chi connectivity index (χ2n) is 3.68. The molecule has 0 aliphatic carbocycles. The highest BCUT2D eigenvalue weighted by molar-refractivity contribution is 9.11. The van der Waals surface area contributed by atoms with Gasteiger partial charge in [0.2, 0.25) is 0 Å². The molecule has 0 unspecified atom stereocenters. The topological polar surface area (TPSA) is 25.8 Å². The highest BCUT2D eigenvalue weighted by Crippen LogP contribution is 2.36. The molecule has 1 heterocycles. The molecule has 1 aromatic heterocycles. The van der Waals surface area contributed by atoms with E-state index in [9.17, 15) is 0 Å². The van der Waals surface area contributed by atoms with Crippen molar-refractivity contribution in [3.8, 4) is 10.6 Å². The molecule has 84 valence electrons. The molecule has 0 atom stereocenters. The molecule has 2 nitrogen and oxygen atoms in total. The lowest BCUT2D eigenvalue weighted by molar-refractivity contribution is 1.07. The average Bonchev–Trinajstić information content (AvgIpc) is 2.61. The Bertz CT molecular complexity index is 549. The van der Waals surface area contributed by atoms with Gasteiger partial charge in [-0.3, -0.25) is 0 Å². The van der Waals surface area contributed by atoms with Gasteiger partial charge in [0.05, 0.1) is 0 Å². The first kappa shape index (κ1) is 12.2. The zero-order valence-electron chi connectivity index (χ0n) is 9.14. The maximum absolute atomic E-state index is 4.18. The summed E-state index contributed by atoms with van der Waals surface area (Å²) >= 11 is 8.51. The van der Waals surface area contributed by atoms with Crippen molar-refractivity contribution >= 4 is 43.2 Å². The fraction of sp³-hybridized carbons (Fsp3) is 0.273. The third-order valence-electron chi connectivity index (χ3n) is 2.49. The largest absolute Gasteiger partial charge is 0.183 e. The molecule has 2 aromatic rings. The van der Waals surface area contributed by atoms with Gasteiger partial charge in [0.25, 0.3) is 0 Å². The van der Waals surface area contributed by atoms with Gasteiger partial charge in [-0.1, -0.05) is 33.3 Å². The number of nitrogens with zero attached hydrogens (tertiary/aromatic N) is 2. The number of aryl methyl sites for hydroxylation is 2. The van der Waals surface area contributed by atoms with E-state index in [1.807, 2.05) is 0 Å². The second kappa shape index (κ2) is 4.55. The maximum atomic E-state index is 4.18. The van der Waals surface area contributed by atoms with Crippen LogP contribution in [0.5, 0.6) is 0 Å². The quantitative estimate of drug-likeness (QED) is 0.738. The number of halogens is 2. The van der Waals surface area contributed by atoms with Crippen molar-refractivity contribution in [2.24, 2.45) is 0 Å². The lowest BCUT2D eigenvalue weighted by atomic mass is 10.0. The molecular formula is C11H10Br2N2S. The van der Waals surface area contributed by atoms with Crippen LogP contribution in [-0.2, 0) is 0 Å². The minimum atomic E-state index is 0.818. The summed E-state index contributed by atoms with van der Waals surface area (Å²) in [5.74, 6) is 0. The predicted molar refractivity (Wildman–Crippen MR) is 75.0 cm³/mol. The Morgan fingerprint density at radius 2 is 1.75 bits per heavy atom. The lowest BCUT2D eigenvalue weighted by Crippen LogP contribution is -1.92. The summed E-state index contributed by atoms with van der Waals surface area (Å²) in [6, 6.07) is 2.17. The Labute approximate surface area is 115 Å². The zero-order chi connectivity index (χ0) is 11.9. The van der Waals surface area contributed by atoms with E-state index >= 15 is 0 Å². The molecule has 2 rings (SSSR count). The number of hydrogen-bond acceptors (Lipinski definition) is 3. The Morgan fingerprint density at radius 1 is 1.06 bits per heavy atom. The van der Waals surface area contributed by atoms with Crippen LogP contribution >= 0.6 is 43.2 Å². The molecule has 0 N–H and O–H groups in total. The molecular weight excluding hydrogens is 352 g/mol. The summed E-state index contributed by atoms with van der Waals surface area (Å²) < 4.78 is 1.97. The Morgan fingerprint density at radius 3 is 2.31 bits per heavy atom. The molecule has 0 bridgehead atoms. The van der Waals surface area contributed by atoms with E-state index < -0.39 is 0 Å². The van der Waals surface area contributed by atoms with Crippen LogP contribution in [0, 0.1) is 20.8 Å². The Kier molecular flexibility index (Phi) is 3.47. The van der Waals surface area contributed by atoms with Gasteiger partial charge >= 0.3 is 0 Å². The van der Waals surface area contributed by atoms with Crippen LogP contribution in [-0.4, -0.2) is 10.2 Å². The van der Waals surface area contributed by atoms with E-state index in [4.69, 9.17) is 0 Å². The molecule has 0 aliphatic rings. The van der Waals surface area contributed by atoms with Crippen LogP contribution in [0.1, 0.15) is 16.7 Å². The van der Waals surface area contributed by atoms with E-state index in [1.165, 1.54) is 22.3 Å². The molecule has 1 aromatic carbocycles. The molecule has 0 radical (unpaired) electrons. The Balaban J connectivity index is 2.70. The first-order valence-electron chi connectivity index (χ1n) is 4.76. The monoisotopic (exact) mass is 360 g/mol. The lowest BCUT2D eigenvalue weighted by Gasteiger charge is -2.11. The van der Waals surface area contributed by atoms with Crippen LogP contribution in [0.15, 0.2) is 14.5 Å². The minimum absolute atomic E-state index is 0.818. The van der Waals surface area contributed by atoms with Gasteiger partial charge in [0.15, 0.2) is 3.92 Å². The first-order chi connectivity index (χ1) is 7.50. The van der Waals surface area contributed by atoms with Crippen LogP contribution < -0.4 is 0 Å². The van der Waals surface area contributed by atoms with Crippen molar-refractivity contribution in [2.45, 2.75) is 20.8 Å². The first-order valence-corrected chi connectivity index (χ1v) is 7.16. The summed E-state index contributed by atoms with van der Waals surface area (Å²) in [6.45, 7) is 6.32. The maximum Gasteiger partial charge on any atom is 0.183 e. The molecule has 0 saturated heterocycles. The van der Waals surface area contributed by atoms with Gasteiger partial charge in [0, 0.05) is 10.0 Å². The summed E-state index contributed by atoms with van der Waals surface area (Å²) in [4.78, 5) is 0. The van der Waals surface area contributed by atoms with Crippen molar-refractivity contribution in [3.63, 3.8) is 0 Å². The number of hydrogen-bond donors (Lipinski definition) is 0. The number of aromatic nitrogens is 2.